The molecule has 1 unspecified atom stereocenters. The standard InChI is InChI=1S/C16H28N2/c1-6-18(13-15-10-8-7-9-11-15)14(2)12-17-16(3,4)5/h7-11,14,17H,6,12-13H2,1-5H3. The van der Waals surface area contributed by atoms with Gasteiger partial charge in [-0.2, -0.15) is 0 Å². The Balaban J connectivity index is 2.50. The van der Waals surface area contributed by atoms with Crippen LogP contribution in [0.2, 0.25) is 0 Å². The van der Waals surface area contributed by atoms with Crippen molar-refractivity contribution in [2.75, 3.05) is 13.1 Å². The van der Waals surface area contributed by atoms with Gasteiger partial charge in [-0.15, -0.1) is 0 Å². The molecule has 0 aliphatic heterocycles. The number of nitrogens with zero attached hydrogens (tertiary/aromatic N) is 1. The van der Waals surface area contributed by atoms with Crippen LogP contribution in [-0.2, 0) is 6.54 Å². The van der Waals surface area contributed by atoms with Crippen LogP contribution in [0.4, 0.5) is 0 Å². The first-order valence-electron chi connectivity index (χ1n) is 6.95. The van der Waals surface area contributed by atoms with Gasteiger partial charge in [0.1, 0.15) is 0 Å². The molecular weight excluding hydrogens is 220 g/mol. The van der Waals surface area contributed by atoms with Gasteiger partial charge in [-0.3, -0.25) is 4.90 Å². The molecule has 1 aromatic rings. The molecule has 0 saturated carbocycles. The third kappa shape index (κ3) is 5.65. The van der Waals surface area contributed by atoms with E-state index in [0.29, 0.717) is 6.04 Å². The Bertz CT molecular complexity index is 327. The van der Waals surface area contributed by atoms with Crippen LogP contribution in [0, 0.1) is 0 Å². The normalized spacial score (nSPS) is 13.9. The van der Waals surface area contributed by atoms with Gasteiger partial charge >= 0.3 is 0 Å². The van der Waals surface area contributed by atoms with E-state index in [2.05, 4.69) is 75.2 Å². The molecule has 0 aliphatic rings. The van der Waals surface area contributed by atoms with Gasteiger partial charge < -0.3 is 5.32 Å². The third-order valence-corrected chi connectivity index (χ3v) is 3.19. The lowest BCUT2D eigenvalue weighted by Crippen LogP contribution is -2.46. The first-order chi connectivity index (χ1) is 8.42. The summed E-state index contributed by atoms with van der Waals surface area (Å²) in [4.78, 5) is 2.51. The van der Waals surface area contributed by atoms with E-state index in [0.717, 1.165) is 19.6 Å². The number of rotatable bonds is 6. The molecule has 1 atom stereocenters. The number of nitrogens with one attached hydrogen (secondary N) is 1. The zero-order chi connectivity index (χ0) is 13.6. The summed E-state index contributed by atoms with van der Waals surface area (Å²) in [5.41, 5.74) is 1.59. The quantitative estimate of drug-likeness (QED) is 0.831. The summed E-state index contributed by atoms with van der Waals surface area (Å²) in [5.74, 6) is 0. The summed E-state index contributed by atoms with van der Waals surface area (Å²) in [6, 6.07) is 11.3. The van der Waals surface area contributed by atoms with Gasteiger partial charge in [-0.05, 0) is 39.8 Å². The Morgan fingerprint density at radius 3 is 2.28 bits per heavy atom. The number of hydrogen-bond donors (Lipinski definition) is 1. The van der Waals surface area contributed by atoms with Crippen molar-refractivity contribution in [3.05, 3.63) is 35.9 Å². The molecule has 0 bridgehead atoms. The van der Waals surface area contributed by atoms with Crippen molar-refractivity contribution in [1.82, 2.24) is 10.2 Å². The summed E-state index contributed by atoms with van der Waals surface area (Å²) in [6.07, 6.45) is 0. The van der Waals surface area contributed by atoms with Crippen LogP contribution in [-0.4, -0.2) is 29.6 Å². The molecule has 1 N–H and O–H groups in total. The number of benzene rings is 1. The highest BCUT2D eigenvalue weighted by Gasteiger charge is 2.15. The van der Waals surface area contributed by atoms with E-state index in [-0.39, 0.29) is 5.54 Å². The Hall–Kier alpha value is -0.860. The third-order valence-electron chi connectivity index (χ3n) is 3.19. The first kappa shape index (κ1) is 15.2. The highest BCUT2D eigenvalue weighted by Crippen LogP contribution is 2.08. The zero-order valence-corrected chi connectivity index (χ0v) is 12.5. The summed E-state index contributed by atoms with van der Waals surface area (Å²) in [5, 5.41) is 3.58. The fourth-order valence-corrected chi connectivity index (χ4v) is 1.98. The molecule has 102 valence electrons. The topological polar surface area (TPSA) is 15.3 Å². The largest absolute Gasteiger partial charge is 0.311 e. The van der Waals surface area contributed by atoms with Crippen molar-refractivity contribution in [2.45, 2.75) is 52.7 Å². The predicted molar refractivity (Wildman–Crippen MR) is 79.7 cm³/mol. The number of likely N-dealkylation sites (N-methyl/N-ethyl adjacent to an activating group) is 1. The highest BCUT2D eigenvalue weighted by atomic mass is 15.2. The minimum Gasteiger partial charge on any atom is -0.311 e. The summed E-state index contributed by atoms with van der Waals surface area (Å²) < 4.78 is 0. The van der Waals surface area contributed by atoms with Crippen molar-refractivity contribution in [3.63, 3.8) is 0 Å². The van der Waals surface area contributed by atoms with Crippen LogP contribution in [0.15, 0.2) is 30.3 Å². The van der Waals surface area contributed by atoms with Crippen LogP contribution in [0.5, 0.6) is 0 Å². The van der Waals surface area contributed by atoms with Gasteiger partial charge in [0.05, 0.1) is 0 Å². The van der Waals surface area contributed by atoms with Crippen molar-refractivity contribution in [3.8, 4) is 0 Å². The van der Waals surface area contributed by atoms with Gasteiger partial charge in [-0.1, -0.05) is 37.3 Å². The van der Waals surface area contributed by atoms with E-state index < -0.39 is 0 Å². The maximum Gasteiger partial charge on any atom is 0.0236 e. The van der Waals surface area contributed by atoms with Crippen LogP contribution < -0.4 is 5.32 Å². The molecule has 0 saturated heterocycles. The lowest BCUT2D eigenvalue weighted by molar-refractivity contribution is 0.196. The molecule has 0 aliphatic carbocycles. The molecule has 2 heteroatoms. The van der Waals surface area contributed by atoms with E-state index in [1.165, 1.54) is 5.56 Å². The molecule has 0 amide bonds. The van der Waals surface area contributed by atoms with Crippen LogP contribution in [0.3, 0.4) is 0 Å². The Morgan fingerprint density at radius 2 is 1.78 bits per heavy atom. The second-order valence-electron chi connectivity index (χ2n) is 6.03. The monoisotopic (exact) mass is 248 g/mol. The maximum atomic E-state index is 3.58. The average Bonchev–Trinajstić information content (AvgIpc) is 2.33. The zero-order valence-electron chi connectivity index (χ0n) is 12.5. The van der Waals surface area contributed by atoms with Gasteiger partial charge in [0.15, 0.2) is 0 Å². The van der Waals surface area contributed by atoms with Crippen molar-refractivity contribution < 1.29 is 0 Å². The Labute approximate surface area is 112 Å². The van der Waals surface area contributed by atoms with Crippen molar-refractivity contribution >= 4 is 0 Å². The van der Waals surface area contributed by atoms with E-state index in [9.17, 15) is 0 Å². The minimum atomic E-state index is 0.195. The molecule has 18 heavy (non-hydrogen) atoms. The molecule has 1 rings (SSSR count). The van der Waals surface area contributed by atoms with Crippen molar-refractivity contribution in [2.24, 2.45) is 0 Å². The van der Waals surface area contributed by atoms with Crippen LogP contribution in [0.25, 0.3) is 0 Å². The second kappa shape index (κ2) is 6.91. The van der Waals surface area contributed by atoms with E-state index in [1.54, 1.807) is 0 Å². The first-order valence-corrected chi connectivity index (χ1v) is 6.95. The van der Waals surface area contributed by atoms with Crippen LogP contribution >= 0.6 is 0 Å². The molecule has 0 aromatic heterocycles. The second-order valence-corrected chi connectivity index (χ2v) is 6.03. The molecule has 2 nitrogen and oxygen atoms in total. The Kier molecular flexibility index (Phi) is 5.83. The fourth-order valence-electron chi connectivity index (χ4n) is 1.98. The molecule has 0 spiro atoms. The number of hydrogen-bond acceptors (Lipinski definition) is 2. The maximum absolute atomic E-state index is 3.58. The fraction of sp³-hybridized carbons (Fsp3) is 0.625. The molecule has 0 fully saturated rings. The van der Waals surface area contributed by atoms with Gasteiger partial charge in [0.2, 0.25) is 0 Å². The average molecular weight is 248 g/mol. The predicted octanol–water partition coefficient (Wildman–Crippen LogP) is 3.29. The lowest BCUT2D eigenvalue weighted by Gasteiger charge is -2.31. The Morgan fingerprint density at radius 1 is 1.17 bits per heavy atom. The molecule has 1 aromatic carbocycles. The highest BCUT2D eigenvalue weighted by molar-refractivity contribution is 5.14. The van der Waals surface area contributed by atoms with Crippen molar-refractivity contribution in [1.29, 1.82) is 0 Å². The molecule has 0 heterocycles. The molecule has 0 radical (unpaired) electrons. The van der Waals surface area contributed by atoms with Crippen LogP contribution in [0.1, 0.15) is 40.2 Å². The molecular formula is C16H28N2. The van der Waals surface area contributed by atoms with Gasteiger partial charge in [-0.25, -0.2) is 0 Å². The smallest absolute Gasteiger partial charge is 0.0236 e. The SMILES string of the molecule is CCN(Cc1ccccc1)C(C)CNC(C)(C)C. The van der Waals surface area contributed by atoms with Gasteiger partial charge in [0, 0.05) is 24.7 Å². The summed E-state index contributed by atoms with van der Waals surface area (Å²) in [7, 11) is 0. The van der Waals surface area contributed by atoms with E-state index in [1.807, 2.05) is 0 Å². The van der Waals surface area contributed by atoms with E-state index >= 15 is 0 Å². The van der Waals surface area contributed by atoms with Gasteiger partial charge in [0.25, 0.3) is 0 Å². The summed E-state index contributed by atoms with van der Waals surface area (Å²) >= 11 is 0. The van der Waals surface area contributed by atoms with E-state index in [4.69, 9.17) is 0 Å². The summed E-state index contributed by atoms with van der Waals surface area (Å²) in [6.45, 7) is 14.3. The lowest BCUT2D eigenvalue weighted by atomic mass is 10.1. The minimum absolute atomic E-state index is 0.195.